The van der Waals surface area contributed by atoms with Gasteiger partial charge in [-0.1, -0.05) is 0 Å². The number of halogens is 4. The first-order valence-corrected chi connectivity index (χ1v) is 8.67. The summed E-state index contributed by atoms with van der Waals surface area (Å²) in [7, 11) is 0. The number of anilines is 4. The summed E-state index contributed by atoms with van der Waals surface area (Å²) in [6, 6.07) is 15.3. The van der Waals surface area contributed by atoms with Crippen molar-refractivity contribution in [1.82, 2.24) is 9.97 Å². The van der Waals surface area contributed by atoms with E-state index in [4.69, 9.17) is 5.26 Å². The summed E-state index contributed by atoms with van der Waals surface area (Å²) in [5.41, 5.74) is 0.527. The van der Waals surface area contributed by atoms with E-state index < -0.39 is 11.7 Å². The molecule has 0 radical (unpaired) electrons. The minimum atomic E-state index is -4.60. The fourth-order valence-corrected chi connectivity index (χ4v) is 2.53. The molecule has 9 heteroatoms. The summed E-state index contributed by atoms with van der Waals surface area (Å²) in [6.45, 7) is 0. The van der Waals surface area contributed by atoms with Gasteiger partial charge in [-0.2, -0.15) is 23.4 Å². The molecule has 2 aromatic carbocycles. The Hall–Kier alpha value is -2.87. The lowest BCUT2D eigenvalue weighted by atomic mass is 10.2. The minimum absolute atomic E-state index is 0.000666. The molecule has 3 aromatic rings. The number of nitriles is 1. The SMILES string of the molecule is N#Cc1ccc(Nc2ncc(C(F)(F)F)c(Nc3ccc(I)cc3)n2)cc1. The molecule has 0 aliphatic rings. The van der Waals surface area contributed by atoms with Crippen molar-refractivity contribution in [2.45, 2.75) is 6.18 Å². The zero-order valence-corrected chi connectivity index (χ0v) is 15.7. The molecule has 1 heterocycles. The minimum Gasteiger partial charge on any atom is -0.340 e. The van der Waals surface area contributed by atoms with E-state index in [0.29, 0.717) is 16.9 Å². The highest BCUT2D eigenvalue weighted by molar-refractivity contribution is 14.1. The van der Waals surface area contributed by atoms with Gasteiger partial charge in [0, 0.05) is 21.1 Å². The molecule has 0 atom stereocenters. The third-order valence-electron chi connectivity index (χ3n) is 3.47. The molecule has 0 amide bonds. The number of nitrogens with zero attached hydrogens (tertiary/aromatic N) is 3. The standard InChI is InChI=1S/C18H11F3IN5/c19-18(20,21)15-10-24-17(26-14-5-1-11(9-23)2-6-14)27-16(15)25-13-7-3-12(22)4-8-13/h1-8,10H,(H2,24,25,26,27). The van der Waals surface area contributed by atoms with Gasteiger partial charge in [0.2, 0.25) is 5.95 Å². The van der Waals surface area contributed by atoms with E-state index in [2.05, 4.69) is 43.2 Å². The Kier molecular flexibility index (Phi) is 5.46. The second-order valence-electron chi connectivity index (χ2n) is 5.40. The Bertz CT molecular complexity index is 980. The Morgan fingerprint density at radius 1 is 0.926 bits per heavy atom. The molecule has 1 aromatic heterocycles. The van der Waals surface area contributed by atoms with Crippen molar-refractivity contribution in [2.24, 2.45) is 0 Å². The van der Waals surface area contributed by atoms with E-state index in [1.54, 1.807) is 48.5 Å². The number of alkyl halides is 3. The zero-order valence-electron chi connectivity index (χ0n) is 13.5. The highest BCUT2D eigenvalue weighted by Gasteiger charge is 2.35. The molecule has 0 aliphatic heterocycles. The predicted molar refractivity (Wildman–Crippen MR) is 104 cm³/mol. The van der Waals surface area contributed by atoms with E-state index in [0.717, 1.165) is 9.77 Å². The van der Waals surface area contributed by atoms with Gasteiger partial charge in [0.05, 0.1) is 11.6 Å². The van der Waals surface area contributed by atoms with Crippen molar-refractivity contribution >= 4 is 45.7 Å². The summed E-state index contributed by atoms with van der Waals surface area (Å²) in [5.74, 6) is -0.351. The second kappa shape index (κ2) is 7.79. The van der Waals surface area contributed by atoms with Crippen LogP contribution in [0.3, 0.4) is 0 Å². The van der Waals surface area contributed by atoms with Crippen molar-refractivity contribution in [2.75, 3.05) is 10.6 Å². The van der Waals surface area contributed by atoms with Gasteiger partial charge in [-0.3, -0.25) is 0 Å². The molecule has 0 saturated heterocycles. The molecule has 136 valence electrons. The smallest absolute Gasteiger partial charge is 0.340 e. The van der Waals surface area contributed by atoms with Crippen LogP contribution in [-0.2, 0) is 6.18 Å². The largest absolute Gasteiger partial charge is 0.421 e. The third-order valence-corrected chi connectivity index (χ3v) is 4.19. The summed E-state index contributed by atoms with van der Waals surface area (Å²) in [6.07, 6.45) is -3.87. The van der Waals surface area contributed by atoms with Gasteiger partial charge in [0.15, 0.2) is 0 Å². The molecule has 0 spiro atoms. The number of hydrogen-bond donors (Lipinski definition) is 2. The lowest BCUT2D eigenvalue weighted by molar-refractivity contribution is -0.137. The van der Waals surface area contributed by atoms with Gasteiger partial charge in [-0.05, 0) is 71.1 Å². The third kappa shape index (κ3) is 4.85. The first kappa shape index (κ1) is 18.9. The molecule has 0 fully saturated rings. The number of rotatable bonds is 4. The fraction of sp³-hybridized carbons (Fsp3) is 0.0556. The van der Waals surface area contributed by atoms with Crippen LogP contribution in [0, 0.1) is 14.9 Å². The van der Waals surface area contributed by atoms with Gasteiger partial charge in [0.1, 0.15) is 11.4 Å². The molecular weight excluding hydrogens is 470 g/mol. The van der Waals surface area contributed by atoms with E-state index >= 15 is 0 Å². The van der Waals surface area contributed by atoms with Crippen LogP contribution in [0.4, 0.5) is 36.3 Å². The molecule has 0 aliphatic carbocycles. The summed E-state index contributed by atoms with van der Waals surface area (Å²) >= 11 is 2.11. The Morgan fingerprint density at radius 2 is 1.52 bits per heavy atom. The maximum atomic E-state index is 13.3. The van der Waals surface area contributed by atoms with Crippen LogP contribution in [-0.4, -0.2) is 9.97 Å². The zero-order chi connectivity index (χ0) is 19.4. The van der Waals surface area contributed by atoms with Crippen molar-refractivity contribution in [3.05, 3.63) is 69.4 Å². The van der Waals surface area contributed by atoms with Crippen LogP contribution >= 0.6 is 22.6 Å². The second-order valence-corrected chi connectivity index (χ2v) is 6.65. The van der Waals surface area contributed by atoms with Gasteiger partial charge in [0.25, 0.3) is 0 Å². The average molecular weight is 481 g/mol. The predicted octanol–water partition coefficient (Wildman–Crippen LogP) is 5.46. The topological polar surface area (TPSA) is 73.6 Å². The molecule has 2 N–H and O–H groups in total. The number of aromatic nitrogens is 2. The molecular formula is C18H11F3IN5. The normalized spacial score (nSPS) is 10.9. The summed E-state index contributed by atoms with van der Waals surface area (Å²) in [4.78, 5) is 7.73. The number of hydrogen-bond acceptors (Lipinski definition) is 5. The van der Waals surface area contributed by atoms with Gasteiger partial charge in [-0.25, -0.2) is 4.98 Å². The van der Waals surface area contributed by atoms with Crippen molar-refractivity contribution in [3.63, 3.8) is 0 Å². The van der Waals surface area contributed by atoms with Crippen LogP contribution in [0.2, 0.25) is 0 Å². The number of benzene rings is 2. The molecule has 3 rings (SSSR count). The van der Waals surface area contributed by atoms with Crippen molar-refractivity contribution in [1.29, 1.82) is 5.26 Å². The van der Waals surface area contributed by atoms with E-state index in [1.807, 2.05) is 6.07 Å². The lowest BCUT2D eigenvalue weighted by Crippen LogP contribution is -2.12. The van der Waals surface area contributed by atoms with Crippen molar-refractivity contribution in [3.8, 4) is 6.07 Å². The van der Waals surface area contributed by atoms with E-state index in [-0.39, 0.29) is 11.8 Å². The summed E-state index contributed by atoms with van der Waals surface area (Å²) in [5, 5.41) is 14.3. The highest BCUT2D eigenvalue weighted by atomic mass is 127. The Balaban J connectivity index is 1.92. The molecule has 0 bridgehead atoms. The quantitative estimate of drug-likeness (QED) is 0.485. The first-order valence-electron chi connectivity index (χ1n) is 7.59. The van der Waals surface area contributed by atoms with Crippen LogP contribution < -0.4 is 10.6 Å². The monoisotopic (exact) mass is 481 g/mol. The van der Waals surface area contributed by atoms with Crippen LogP contribution in [0.5, 0.6) is 0 Å². The Morgan fingerprint density at radius 3 is 2.11 bits per heavy atom. The van der Waals surface area contributed by atoms with E-state index in [9.17, 15) is 13.2 Å². The van der Waals surface area contributed by atoms with Crippen LogP contribution in [0.1, 0.15) is 11.1 Å². The maximum Gasteiger partial charge on any atom is 0.421 e. The molecule has 27 heavy (non-hydrogen) atoms. The first-order chi connectivity index (χ1) is 12.8. The average Bonchev–Trinajstić information content (AvgIpc) is 2.63. The van der Waals surface area contributed by atoms with E-state index in [1.165, 1.54) is 0 Å². The maximum absolute atomic E-state index is 13.3. The molecule has 0 unspecified atom stereocenters. The van der Waals surface area contributed by atoms with Gasteiger partial charge >= 0.3 is 6.18 Å². The van der Waals surface area contributed by atoms with Gasteiger partial charge < -0.3 is 10.6 Å². The fourth-order valence-electron chi connectivity index (χ4n) is 2.17. The van der Waals surface area contributed by atoms with Crippen LogP contribution in [0.25, 0.3) is 0 Å². The summed E-state index contributed by atoms with van der Waals surface area (Å²) < 4.78 is 40.8. The van der Waals surface area contributed by atoms with Gasteiger partial charge in [-0.15, -0.1) is 0 Å². The Labute approximate surface area is 166 Å². The highest BCUT2D eigenvalue weighted by Crippen LogP contribution is 2.35. The molecule has 0 saturated carbocycles. The molecule has 5 nitrogen and oxygen atoms in total. The lowest BCUT2D eigenvalue weighted by Gasteiger charge is -2.15. The van der Waals surface area contributed by atoms with Crippen molar-refractivity contribution < 1.29 is 13.2 Å². The number of nitrogens with one attached hydrogen (secondary N) is 2. The van der Waals surface area contributed by atoms with Crippen LogP contribution in [0.15, 0.2) is 54.7 Å².